The first-order valence-electron chi connectivity index (χ1n) is 5.04. The molecule has 1 unspecified atom stereocenters. The van der Waals surface area contributed by atoms with E-state index in [0.29, 0.717) is 6.42 Å². The molecule has 0 aromatic rings. The molecule has 0 aromatic heterocycles. The van der Waals surface area contributed by atoms with Gasteiger partial charge in [0, 0.05) is 6.04 Å². The fraction of sp³-hybridized carbons (Fsp3) is 0.889. The zero-order valence-electron chi connectivity index (χ0n) is 8.36. The second kappa shape index (κ2) is 5.34. The number of nitrogens with one attached hydrogen (secondary N) is 2. The van der Waals surface area contributed by atoms with Gasteiger partial charge in [-0.2, -0.15) is 13.2 Å². The van der Waals surface area contributed by atoms with Crippen LogP contribution in [0.3, 0.4) is 0 Å². The van der Waals surface area contributed by atoms with Crippen LogP contribution in [0.25, 0.3) is 0 Å². The maximum absolute atomic E-state index is 11.9. The second-order valence-electron chi connectivity index (χ2n) is 3.74. The lowest BCUT2D eigenvalue weighted by Gasteiger charge is -2.16. The number of amides is 1. The molecule has 0 bridgehead atoms. The summed E-state index contributed by atoms with van der Waals surface area (Å²) in [6, 6.07) is -0.116. The predicted octanol–water partition coefficient (Wildman–Crippen LogP) is 1.20. The molecule has 15 heavy (non-hydrogen) atoms. The molecular weight excluding hydrogens is 209 g/mol. The summed E-state index contributed by atoms with van der Waals surface area (Å²) < 4.78 is 35.6. The van der Waals surface area contributed by atoms with Crippen molar-refractivity contribution < 1.29 is 18.0 Å². The Kier molecular flexibility index (Phi) is 4.38. The van der Waals surface area contributed by atoms with Crippen molar-refractivity contribution in [2.24, 2.45) is 0 Å². The van der Waals surface area contributed by atoms with Gasteiger partial charge in [0.15, 0.2) is 0 Å². The van der Waals surface area contributed by atoms with E-state index in [9.17, 15) is 18.0 Å². The van der Waals surface area contributed by atoms with Crippen LogP contribution in [0.1, 0.15) is 25.7 Å². The van der Waals surface area contributed by atoms with Crippen molar-refractivity contribution in [1.29, 1.82) is 0 Å². The van der Waals surface area contributed by atoms with Crippen LogP contribution in [0.2, 0.25) is 0 Å². The third-order valence-corrected chi connectivity index (χ3v) is 2.30. The van der Waals surface area contributed by atoms with Gasteiger partial charge < -0.3 is 10.6 Å². The maximum Gasteiger partial charge on any atom is 0.397 e. The van der Waals surface area contributed by atoms with Crippen molar-refractivity contribution in [2.45, 2.75) is 37.9 Å². The Morgan fingerprint density at radius 1 is 1.33 bits per heavy atom. The second-order valence-corrected chi connectivity index (χ2v) is 3.74. The van der Waals surface area contributed by atoms with Gasteiger partial charge in [0.1, 0.15) is 6.42 Å². The van der Waals surface area contributed by atoms with E-state index in [1.165, 1.54) is 0 Å². The number of carbonyl (C=O) groups excluding carboxylic acids is 1. The summed E-state index contributed by atoms with van der Waals surface area (Å²) in [6.07, 6.45) is -3.46. The van der Waals surface area contributed by atoms with E-state index in [1.807, 2.05) is 0 Å². The monoisotopic (exact) mass is 224 g/mol. The van der Waals surface area contributed by atoms with Crippen LogP contribution in [-0.4, -0.2) is 31.2 Å². The minimum absolute atomic E-state index is 0.116. The molecule has 0 radical (unpaired) electrons. The number of hydrogen-bond donors (Lipinski definition) is 2. The third-order valence-electron chi connectivity index (χ3n) is 2.30. The molecule has 0 aliphatic carbocycles. The van der Waals surface area contributed by atoms with Crippen molar-refractivity contribution in [3.8, 4) is 0 Å². The van der Waals surface area contributed by atoms with E-state index in [2.05, 4.69) is 10.6 Å². The fourth-order valence-corrected chi connectivity index (χ4v) is 1.62. The van der Waals surface area contributed by atoms with E-state index in [0.717, 1.165) is 25.9 Å². The molecule has 1 fully saturated rings. The van der Waals surface area contributed by atoms with Crippen LogP contribution in [0, 0.1) is 0 Å². The molecule has 3 nitrogen and oxygen atoms in total. The van der Waals surface area contributed by atoms with Crippen LogP contribution in [0.5, 0.6) is 0 Å². The van der Waals surface area contributed by atoms with Gasteiger partial charge in [0.05, 0.1) is 0 Å². The smallest absolute Gasteiger partial charge is 0.353 e. The first-order chi connectivity index (χ1) is 6.97. The lowest BCUT2D eigenvalue weighted by molar-refractivity contribution is -0.154. The van der Waals surface area contributed by atoms with Gasteiger partial charge in [-0.1, -0.05) is 0 Å². The lowest BCUT2D eigenvalue weighted by atomic mass is 10.1. The van der Waals surface area contributed by atoms with Crippen molar-refractivity contribution in [1.82, 2.24) is 10.6 Å². The minimum Gasteiger partial charge on any atom is -0.353 e. The largest absolute Gasteiger partial charge is 0.397 e. The number of rotatable bonds is 2. The Morgan fingerprint density at radius 2 is 2.07 bits per heavy atom. The van der Waals surface area contributed by atoms with Crippen LogP contribution < -0.4 is 10.6 Å². The number of hydrogen-bond acceptors (Lipinski definition) is 2. The summed E-state index contributed by atoms with van der Waals surface area (Å²) in [5, 5.41) is 5.54. The summed E-state index contributed by atoms with van der Waals surface area (Å²) in [5.74, 6) is -0.922. The average molecular weight is 224 g/mol. The van der Waals surface area contributed by atoms with Gasteiger partial charge in [0.25, 0.3) is 0 Å². The highest BCUT2D eigenvalue weighted by molar-refractivity contribution is 5.76. The van der Waals surface area contributed by atoms with Gasteiger partial charge in [-0.3, -0.25) is 4.79 Å². The number of carbonyl (C=O) groups is 1. The third kappa shape index (κ3) is 5.61. The molecular formula is C9H15F3N2O. The first-order valence-corrected chi connectivity index (χ1v) is 5.04. The van der Waals surface area contributed by atoms with Crippen LogP contribution in [0.4, 0.5) is 13.2 Å². The van der Waals surface area contributed by atoms with E-state index in [4.69, 9.17) is 0 Å². The summed E-state index contributed by atoms with van der Waals surface area (Å²) >= 11 is 0. The molecule has 0 spiro atoms. The SMILES string of the molecule is O=C(CC(F)(F)F)NC1CCCNCC1. The maximum atomic E-state index is 11.9. The molecule has 1 rings (SSSR count). The van der Waals surface area contributed by atoms with Crippen molar-refractivity contribution >= 4 is 5.91 Å². The summed E-state index contributed by atoms with van der Waals surface area (Å²) in [4.78, 5) is 11.0. The molecule has 88 valence electrons. The Balaban J connectivity index is 2.30. The van der Waals surface area contributed by atoms with E-state index >= 15 is 0 Å². The van der Waals surface area contributed by atoms with Gasteiger partial charge in [-0.05, 0) is 32.4 Å². The Hall–Kier alpha value is -0.780. The molecule has 1 heterocycles. The molecule has 0 saturated carbocycles. The molecule has 1 aliphatic heterocycles. The molecule has 2 N–H and O–H groups in total. The quantitative estimate of drug-likeness (QED) is 0.740. The predicted molar refractivity (Wildman–Crippen MR) is 49.3 cm³/mol. The highest BCUT2D eigenvalue weighted by atomic mass is 19.4. The van der Waals surface area contributed by atoms with E-state index in [1.54, 1.807) is 0 Å². The minimum atomic E-state index is -4.41. The summed E-state index contributed by atoms with van der Waals surface area (Å²) in [6.45, 7) is 1.61. The van der Waals surface area contributed by atoms with Crippen LogP contribution in [0.15, 0.2) is 0 Å². The zero-order valence-corrected chi connectivity index (χ0v) is 8.36. The molecule has 1 aliphatic rings. The van der Waals surface area contributed by atoms with Gasteiger partial charge in [0.2, 0.25) is 5.91 Å². The first kappa shape index (κ1) is 12.3. The van der Waals surface area contributed by atoms with E-state index in [-0.39, 0.29) is 6.04 Å². The molecule has 1 saturated heterocycles. The van der Waals surface area contributed by atoms with Crippen molar-refractivity contribution in [3.63, 3.8) is 0 Å². The van der Waals surface area contributed by atoms with Crippen molar-refractivity contribution in [2.75, 3.05) is 13.1 Å². The summed E-state index contributed by atoms with van der Waals surface area (Å²) in [5.41, 5.74) is 0. The number of halogens is 3. The fourth-order valence-electron chi connectivity index (χ4n) is 1.62. The van der Waals surface area contributed by atoms with Gasteiger partial charge >= 0.3 is 6.18 Å². The molecule has 6 heteroatoms. The molecule has 0 aromatic carbocycles. The highest BCUT2D eigenvalue weighted by Crippen LogP contribution is 2.19. The Bertz CT molecular complexity index is 210. The van der Waals surface area contributed by atoms with Gasteiger partial charge in [-0.25, -0.2) is 0 Å². The standard InChI is InChI=1S/C9H15F3N2O/c10-9(11,12)6-8(15)14-7-2-1-4-13-5-3-7/h7,13H,1-6H2,(H,14,15). The number of alkyl halides is 3. The van der Waals surface area contributed by atoms with Crippen LogP contribution in [-0.2, 0) is 4.79 Å². The van der Waals surface area contributed by atoms with Crippen LogP contribution >= 0.6 is 0 Å². The normalized spacial score (nSPS) is 23.3. The van der Waals surface area contributed by atoms with Crippen molar-refractivity contribution in [3.05, 3.63) is 0 Å². The van der Waals surface area contributed by atoms with E-state index < -0.39 is 18.5 Å². The zero-order chi connectivity index (χ0) is 11.3. The highest BCUT2D eigenvalue weighted by Gasteiger charge is 2.31. The average Bonchev–Trinajstić information content (AvgIpc) is 2.28. The molecule has 1 atom stereocenters. The lowest BCUT2D eigenvalue weighted by Crippen LogP contribution is -2.37. The Morgan fingerprint density at radius 3 is 2.73 bits per heavy atom. The molecule has 1 amide bonds. The Labute approximate surface area is 86.4 Å². The topological polar surface area (TPSA) is 41.1 Å². The van der Waals surface area contributed by atoms with Gasteiger partial charge in [-0.15, -0.1) is 0 Å². The summed E-state index contributed by atoms with van der Waals surface area (Å²) in [7, 11) is 0.